The number of aromatic nitrogens is 1. The van der Waals surface area contributed by atoms with Crippen LogP contribution in [-0.4, -0.2) is 16.1 Å². The summed E-state index contributed by atoms with van der Waals surface area (Å²) in [5.41, 5.74) is 0.647. The molecule has 1 unspecified atom stereocenters. The molecule has 142 valence electrons. The molecule has 1 atom stereocenters. The summed E-state index contributed by atoms with van der Waals surface area (Å²) in [5, 5.41) is 11.0. The Morgan fingerprint density at radius 3 is 2.21 bits per heavy atom. The van der Waals surface area contributed by atoms with Crippen LogP contribution in [0.25, 0.3) is 0 Å². The van der Waals surface area contributed by atoms with E-state index in [9.17, 15) is 9.90 Å². The van der Waals surface area contributed by atoms with Crippen molar-refractivity contribution in [3.05, 3.63) is 95.3 Å². The molecule has 28 heavy (non-hydrogen) atoms. The SMILES string of the molecule is CC=C(C(=O)Oc1ccc(Oc2ccc(Cl)cc2)cc1)C(O)c1cccnc1. The predicted octanol–water partition coefficient (Wildman–Crippen LogP) is 5.11. The van der Waals surface area contributed by atoms with Crippen molar-refractivity contribution in [3.8, 4) is 17.2 Å². The molecule has 6 heteroatoms. The Labute approximate surface area is 167 Å². The molecule has 0 saturated heterocycles. The van der Waals surface area contributed by atoms with Gasteiger partial charge < -0.3 is 14.6 Å². The number of nitrogens with zero attached hydrogens (tertiary/aromatic N) is 1. The third kappa shape index (κ3) is 4.97. The highest BCUT2D eigenvalue weighted by Crippen LogP contribution is 2.27. The van der Waals surface area contributed by atoms with Crippen molar-refractivity contribution in [1.29, 1.82) is 0 Å². The number of ether oxygens (including phenoxy) is 2. The lowest BCUT2D eigenvalue weighted by atomic mass is 10.0. The van der Waals surface area contributed by atoms with Crippen LogP contribution in [0.5, 0.6) is 17.2 Å². The maximum Gasteiger partial charge on any atom is 0.342 e. The minimum absolute atomic E-state index is 0.134. The van der Waals surface area contributed by atoms with Crippen LogP contribution in [0.3, 0.4) is 0 Å². The van der Waals surface area contributed by atoms with Gasteiger partial charge in [-0.2, -0.15) is 0 Å². The second kappa shape index (κ2) is 9.17. The fraction of sp³-hybridized carbons (Fsp3) is 0.0909. The van der Waals surface area contributed by atoms with E-state index in [0.717, 1.165) is 0 Å². The van der Waals surface area contributed by atoms with Crippen molar-refractivity contribution in [2.45, 2.75) is 13.0 Å². The van der Waals surface area contributed by atoms with Crippen LogP contribution in [0.2, 0.25) is 5.02 Å². The fourth-order valence-corrected chi connectivity index (χ4v) is 2.61. The molecule has 0 spiro atoms. The van der Waals surface area contributed by atoms with Crippen LogP contribution in [0, 0.1) is 0 Å². The van der Waals surface area contributed by atoms with Crippen molar-refractivity contribution in [1.82, 2.24) is 4.98 Å². The van der Waals surface area contributed by atoms with Gasteiger partial charge in [-0.15, -0.1) is 0 Å². The van der Waals surface area contributed by atoms with Gasteiger partial charge in [0.1, 0.15) is 23.4 Å². The normalized spacial score (nSPS) is 12.3. The molecular formula is C22H18ClNO4. The number of benzene rings is 2. The summed E-state index contributed by atoms with van der Waals surface area (Å²) in [5.74, 6) is 0.935. The average molecular weight is 396 g/mol. The molecule has 0 aliphatic rings. The zero-order chi connectivity index (χ0) is 19.9. The number of carbonyl (C=O) groups excluding carboxylic acids is 1. The lowest BCUT2D eigenvalue weighted by Crippen LogP contribution is -2.17. The largest absolute Gasteiger partial charge is 0.457 e. The first kappa shape index (κ1) is 19.6. The molecule has 0 aliphatic heterocycles. The smallest absolute Gasteiger partial charge is 0.342 e. The number of esters is 1. The van der Waals surface area contributed by atoms with Gasteiger partial charge in [0, 0.05) is 23.0 Å². The van der Waals surface area contributed by atoms with E-state index < -0.39 is 12.1 Å². The molecule has 5 nitrogen and oxygen atoms in total. The van der Waals surface area contributed by atoms with Gasteiger partial charge in [-0.25, -0.2) is 4.79 Å². The van der Waals surface area contributed by atoms with E-state index in [1.807, 2.05) is 0 Å². The van der Waals surface area contributed by atoms with Crippen LogP contribution < -0.4 is 9.47 Å². The number of rotatable bonds is 6. The highest BCUT2D eigenvalue weighted by atomic mass is 35.5. The standard InChI is InChI=1S/C22H18ClNO4/c1-2-20(21(25)15-4-3-13-24-14-15)22(26)28-19-11-9-18(10-12-19)27-17-7-5-16(23)6-8-17/h2-14,21,25H,1H3. The summed E-state index contributed by atoms with van der Waals surface area (Å²) in [6, 6.07) is 17.0. The van der Waals surface area contributed by atoms with Gasteiger partial charge in [-0.05, 0) is 61.5 Å². The number of carbonyl (C=O) groups is 1. The van der Waals surface area contributed by atoms with Crippen molar-refractivity contribution >= 4 is 17.6 Å². The highest BCUT2D eigenvalue weighted by Gasteiger charge is 2.21. The third-order valence-corrected chi connectivity index (χ3v) is 4.18. The minimum Gasteiger partial charge on any atom is -0.457 e. The third-order valence-electron chi connectivity index (χ3n) is 3.93. The first-order chi connectivity index (χ1) is 13.6. The number of aliphatic hydroxyl groups is 1. The number of hydrogen-bond donors (Lipinski definition) is 1. The molecule has 0 amide bonds. The Kier molecular flexibility index (Phi) is 6.42. The van der Waals surface area contributed by atoms with Crippen molar-refractivity contribution in [3.63, 3.8) is 0 Å². The highest BCUT2D eigenvalue weighted by molar-refractivity contribution is 6.30. The number of allylic oxidation sites excluding steroid dienone is 1. The minimum atomic E-state index is -1.11. The molecule has 1 N–H and O–H groups in total. The van der Waals surface area contributed by atoms with Gasteiger partial charge in [-0.3, -0.25) is 4.98 Å². The zero-order valence-electron chi connectivity index (χ0n) is 15.1. The Hall–Kier alpha value is -3.15. The molecule has 1 heterocycles. The molecule has 0 saturated carbocycles. The number of pyridine rings is 1. The average Bonchev–Trinajstić information content (AvgIpc) is 2.72. The summed E-state index contributed by atoms with van der Waals surface area (Å²) in [7, 11) is 0. The van der Waals surface area contributed by atoms with E-state index in [0.29, 0.717) is 27.8 Å². The lowest BCUT2D eigenvalue weighted by Gasteiger charge is -2.14. The molecule has 2 aromatic carbocycles. The van der Waals surface area contributed by atoms with E-state index in [2.05, 4.69) is 4.98 Å². The van der Waals surface area contributed by atoms with Gasteiger partial charge in [0.2, 0.25) is 0 Å². The van der Waals surface area contributed by atoms with E-state index >= 15 is 0 Å². The maximum absolute atomic E-state index is 12.5. The van der Waals surface area contributed by atoms with Crippen LogP contribution >= 0.6 is 11.6 Å². The molecule has 3 aromatic rings. The first-order valence-corrected chi connectivity index (χ1v) is 8.94. The molecule has 0 radical (unpaired) electrons. The Balaban J connectivity index is 1.65. The second-order valence-electron chi connectivity index (χ2n) is 5.85. The van der Waals surface area contributed by atoms with E-state index in [1.165, 1.54) is 12.3 Å². The van der Waals surface area contributed by atoms with Crippen LogP contribution in [0.1, 0.15) is 18.6 Å². The predicted molar refractivity (Wildman–Crippen MR) is 107 cm³/mol. The summed E-state index contributed by atoms with van der Waals surface area (Å²) in [6.45, 7) is 1.67. The second-order valence-corrected chi connectivity index (χ2v) is 6.29. The van der Waals surface area contributed by atoms with Crippen molar-refractivity contribution in [2.24, 2.45) is 0 Å². The quantitative estimate of drug-likeness (QED) is 0.356. The van der Waals surface area contributed by atoms with E-state index in [4.69, 9.17) is 21.1 Å². The molecule has 0 fully saturated rings. The summed E-state index contributed by atoms with van der Waals surface area (Å²) >= 11 is 5.85. The molecule has 0 bridgehead atoms. The first-order valence-electron chi connectivity index (χ1n) is 8.56. The Bertz CT molecular complexity index is 954. The monoisotopic (exact) mass is 395 g/mol. The summed E-state index contributed by atoms with van der Waals surface area (Å²) < 4.78 is 11.1. The zero-order valence-corrected chi connectivity index (χ0v) is 15.8. The summed E-state index contributed by atoms with van der Waals surface area (Å²) in [6.07, 6.45) is 3.51. The van der Waals surface area contributed by atoms with E-state index in [-0.39, 0.29) is 5.57 Å². The molecule has 0 aliphatic carbocycles. The van der Waals surface area contributed by atoms with Crippen LogP contribution in [0.15, 0.2) is 84.7 Å². The van der Waals surface area contributed by atoms with Gasteiger partial charge in [0.15, 0.2) is 0 Å². The molecule has 3 rings (SSSR count). The number of hydrogen-bond acceptors (Lipinski definition) is 5. The molecular weight excluding hydrogens is 378 g/mol. The van der Waals surface area contributed by atoms with Gasteiger partial charge in [0.25, 0.3) is 0 Å². The number of aliphatic hydroxyl groups excluding tert-OH is 1. The van der Waals surface area contributed by atoms with Crippen LogP contribution in [0.4, 0.5) is 0 Å². The molecule has 1 aromatic heterocycles. The Morgan fingerprint density at radius 1 is 1.04 bits per heavy atom. The van der Waals surface area contributed by atoms with Crippen LogP contribution in [-0.2, 0) is 4.79 Å². The van der Waals surface area contributed by atoms with Crippen molar-refractivity contribution < 1.29 is 19.4 Å². The van der Waals surface area contributed by atoms with Gasteiger partial charge in [-0.1, -0.05) is 23.7 Å². The topological polar surface area (TPSA) is 68.7 Å². The number of halogens is 1. The maximum atomic E-state index is 12.5. The fourth-order valence-electron chi connectivity index (χ4n) is 2.49. The Morgan fingerprint density at radius 2 is 1.64 bits per heavy atom. The van der Waals surface area contributed by atoms with E-state index in [1.54, 1.807) is 73.8 Å². The van der Waals surface area contributed by atoms with Gasteiger partial charge >= 0.3 is 5.97 Å². The summed E-state index contributed by atoms with van der Waals surface area (Å²) in [4.78, 5) is 16.4. The van der Waals surface area contributed by atoms with Crippen molar-refractivity contribution in [2.75, 3.05) is 0 Å². The lowest BCUT2D eigenvalue weighted by molar-refractivity contribution is -0.131. The van der Waals surface area contributed by atoms with Gasteiger partial charge in [0.05, 0.1) is 5.57 Å².